The lowest BCUT2D eigenvalue weighted by atomic mass is 10.1. The molecule has 1 amide bonds. The summed E-state index contributed by atoms with van der Waals surface area (Å²) >= 11 is 0. The number of rotatable bonds is 9. The Hall–Kier alpha value is -3.17. The molecule has 0 fully saturated rings. The first-order valence-corrected chi connectivity index (χ1v) is 14.0. The molecule has 0 saturated carbocycles. The van der Waals surface area contributed by atoms with Gasteiger partial charge in [-0.3, -0.25) is 4.90 Å². The zero-order chi connectivity index (χ0) is 25.4. The van der Waals surface area contributed by atoms with E-state index in [2.05, 4.69) is 60.7 Å². The molecule has 0 bridgehead atoms. The van der Waals surface area contributed by atoms with Crippen molar-refractivity contribution < 1.29 is 14.3 Å². The first-order valence-electron chi connectivity index (χ1n) is 12.5. The molecule has 0 N–H and O–H groups in total. The number of carbonyl (C=O) groups excluding carboxylic acids is 1. The standard InChI is InChI=1S/C30H35N2O3P/c1-30(2,3)35-29(33)32(22-28-31-25(23-34-28)21-24-13-7-4-8-14-24)19-20-36(26-15-9-5-10-16-26)27-17-11-6-12-18-27/h4-18,25H,19-23H2,1-3H3/t25-/m0/s1. The Morgan fingerprint density at radius 1 is 0.944 bits per heavy atom. The number of amides is 1. The molecule has 36 heavy (non-hydrogen) atoms. The summed E-state index contributed by atoms with van der Waals surface area (Å²) in [4.78, 5) is 19.7. The summed E-state index contributed by atoms with van der Waals surface area (Å²) < 4.78 is 11.7. The van der Waals surface area contributed by atoms with E-state index in [0.717, 1.165) is 12.6 Å². The maximum absolute atomic E-state index is 13.2. The molecule has 4 rings (SSSR count). The Kier molecular flexibility index (Phi) is 8.77. The number of nitrogens with zero attached hydrogens (tertiary/aromatic N) is 2. The highest BCUT2D eigenvalue weighted by molar-refractivity contribution is 7.73. The second-order valence-corrected chi connectivity index (χ2v) is 12.2. The molecule has 0 saturated heterocycles. The number of hydrogen-bond acceptors (Lipinski definition) is 4. The van der Waals surface area contributed by atoms with Crippen molar-refractivity contribution in [1.29, 1.82) is 0 Å². The van der Waals surface area contributed by atoms with E-state index in [1.165, 1.54) is 16.2 Å². The molecule has 3 aromatic carbocycles. The molecule has 0 aromatic heterocycles. The minimum atomic E-state index is -0.632. The fraction of sp³-hybridized carbons (Fsp3) is 0.333. The molecule has 188 valence electrons. The lowest BCUT2D eigenvalue weighted by Crippen LogP contribution is -2.41. The fourth-order valence-electron chi connectivity index (χ4n) is 4.12. The van der Waals surface area contributed by atoms with E-state index < -0.39 is 13.5 Å². The van der Waals surface area contributed by atoms with Crippen molar-refractivity contribution in [2.45, 2.75) is 38.8 Å². The Labute approximate surface area is 215 Å². The van der Waals surface area contributed by atoms with E-state index in [0.29, 0.717) is 25.6 Å². The fourth-order valence-corrected chi connectivity index (χ4v) is 6.44. The van der Waals surface area contributed by atoms with Gasteiger partial charge in [0.15, 0.2) is 0 Å². The molecule has 0 spiro atoms. The molecule has 0 radical (unpaired) electrons. The Bertz CT molecular complexity index is 1090. The highest BCUT2D eigenvalue weighted by atomic mass is 31.1. The van der Waals surface area contributed by atoms with Crippen LogP contribution in [0.2, 0.25) is 0 Å². The Morgan fingerprint density at radius 3 is 2.06 bits per heavy atom. The third-order valence-corrected chi connectivity index (χ3v) is 8.28. The van der Waals surface area contributed by atoms with Gasteiger partial charge in [0.25, 0.3) is 0 Å². The minimum Gasteiger partial charge on any atom is -0.477 e. The van der Waals surface area contributed by atoms with Crippen LogP contribution in [-0.2, 0) is 15.9 Å². The predicted molar refractivity (Wildman–Crippen MR) is 149 cm³/mol. The summed E-state index contributed by atoms with van der Waals surface area (Å²) in [5, 5.41) is 2.58. The first kappa shape index (κ1) is 25.9. The number of ether oxygens (including phenoxy) is 2. The average molecular weight is 503 g/mol. The van der Waals surface area contributed by atoms with E-state index in [-0.39, 0.29) is 12.1 Å². The molecule has 1 heterocycles. The van der Waals surface area contributed by atoms with Gasteiger partial charge in [-0.05, 0) is 57.4 Å². The van der Waals surface area contributed by atoms with E-state index >= 15 is 0 Å². The van der Waals surface area contributed by atoms with Crippen molar-refractivity contribution in [2.24, 2.45) is 4.99 Å². The van der Waals surface area contributed by atoms with E-state index in [9.17, 15) is 4.79 Å². The Balaban J connectivity index is 1.49. The summed E-state index contributed by atoms with van der Waals surface area (Å²) in [7, 11) is -0.632. The first-order chi connectivity index (χ1) is 17.4. The highest BCUT2D eigenvalue weighted by Crippen LogP contribution is 2.33. The number of carbonyl (C=O) groups is 1. The van der Waals surface area contributed by atoms with Crippen LogP contribution in [0.25, 0.3) is 0 Å². The third-order valence-electron chi connectivity index (χ3n) is 5.79. The van der Waals surface area contributed by atoms with Crippen LogP contribution in [0, 0.1) is 0 Å². The smallest absolute Gasteiger partial charge is 0.410 e. The maximum Gasteiger partial charge on any atom is 0.410 e. The molecular formula is C30H35N2O3P. The molecule has 6 heteroatoms. The van der Waals surface area contributed by atoms with Crippen molar-refractivity contribution in [3.63, 3.8) is 0 Å². The predicted octanol–water partition coefficient (Wildman–Crippen LogP) is 5.40. The molecule has 1 aliphatic heterocycles. The van der Waals surface area contributed by atoms with Gasteiger partial charge in [0.2, 0.25) is 5.90 Å². The molecular weight excluding hydrogens is 467 g/mol. The third kappa shape index (κ3) is 7.66. The van der Waals surface area contributed by atoms with Crippen LogP contribution >= 0.6 is 7.92 Å². The molecule has 3 aromatic rings. The summed E-state index contributed by atoms with van der Waals surface area (Å²) in [6.45, 7) is 7.08. The van der Waals surface area contributed by atoms with Crippen LogP contribution in [0.5, 0.6) is 0 Å². The van der Waals surface area contributed by atoms with Gasteiger partial charge in [-0.1, -0.05) is 91.0 Å². The average Bonchev–Trinajstić information content (AvgIpc) is 3.31. The van der Waals surface area contributed by atoms with Crippen molar-refractivity contribution >= 4 is 30.5 Å². The summed E-state index contributed by atoms with van der Waals surface area (Å²) in [5.41, 5.74) is 0.657. The van der Waals surface area contributed by atoms with Crippen molar-refractivity contribution in [1.82, 2.24) is 4.90 Å². The second-order valence-electron chi connectivity index (χ2n) is 9.90. The van der Waals surface area contributed by atoms with E-state index in [1.54, 1.807) is 4.90 Å². The van der Waals surface area contributed by atoms with E-state index in [4.69, 9.17) is 14.5 Å². The lowest BCUT2D eigenvalue weighted by Gasteiger charge is -2.29. The molecule has 1 aliphatic rings. The van der Waals surface area contributed by atoms with Crippen LogP contribution in [-0.4, -0.2) is 54.4 Å². The number of aliphatic imine (C=N–C) groups is 1. The van der Waals surface area contributed by atoms with Crippen LogP contribution in [0.4, 0.5) is 4.79 Å². The van der Waals surface area contributed by atoms with Crippen LogP contribution in [0.3, 0.4) is 0 Å². The maximum atomic E-state index is 13.2. The molecule has 5 nitrogen and oxygen atoms in total. The van der Waals surface area contributed by atoms with Crippen molar-refractivity contribution in [3.8, 4) is 0 Å². The van der Waals surface area contributed by atoms with Gasteiger partial charge in [-0.25, -0.2) is 9.79 Å². The lowest BCUT2D eigenvalue weighted by molar-refractivity contribution is 0.0282. The van der Waals surface area contributed by atoms with Gasteiger partial charge in [0.1, 0.15) is 12.2 Å². The zero-order valence-corrected chi connectivity index (χ0v) is 22.2. The van der Waals surface area contributed by atoms with Gasteiger partial charge < -0.3 is 9.47 Å². The summed E-state index contributed by atoms with van der Waals surface area (Å²) in [6.07, 6.45) is 1.31. The van der Waals surface area contributed by atoms with Crippen LogP contribution < -0.4 is 10.6 Å². The van der Waals surface area contributed by atoms with Gasteiger partial charge in [0.05, 0.1) is 12.6 Å². The zero-order valence-electron chi connectivity index (χ0n) is 21.3. The number of hydrogen-bond donors (Lipinski definition) is 0. The molecule has 0 aliphatic carbocycles. The second kappa shape index (κ2) is 12.2. The van der Waals surface area contributed by atoms with Gasteiger partial charge >= 0.3 is 6.09 Å². The number of benzene rings is 3. The van der Waals surface area contributed by atoms with Gasteiger partial charge in [-0.2, -0.15) is 0 Å². The van der Waals surface area contributed by atoms with Gasteiger partial charge in [-0.15, -0.1) is 0 Å². The summed E-state index contributed by atoms with van der Waals surface area (Å²) in [5.74, 6) is 0.602. The highest BCUT2D eigenvalue weighted by Gasteiger charge is 2.28. The largest absolute Gasteiger partial charge is 0.477 e. The molecule has 1 atom stereocenters. The van der Waals surface area contributed by atoms with Crippen LogP contribution in [0.1, 0.15) is 26.3 Å². The normalized spacial score (nSPS) is 15.3. The summed E-state index contributed by atoms with van der Waals surface area (Å²) in [6, 6.07) is 31.5. The SMILES string of the molecule is CC(C)(C)OC(=O)N(CCP(c1ccccc1)c1ccccc1)CC1=N[C@@H](Cc2ccccc2)CO1. The van der Waals surface area contributed by atoms with Crippen LogP contribution in [0.15, 0.2) is 96.0 Å². The quantitative estimate of drug-likeness (QED) is 0.369. The van der Waals surface area contributed by atoms with Crippen molar-refractivity contribution in [3.05, 3.63) is 96.6 Å². The van der Waals surface area contributed by atoms with E-state index in [1.807, 2.05) is 51.1 Å². The van der Waals surface area contributed by atoms with Crippen molar-refractivity contribution in [2.75, 3.05) is 25.9 Å². The van der Waals surface area contributed by atoms with Gasteiger partial charge in [0, 0.05) is 6.54 Å². The Morgan fingerprint density at radius 2 is 1.50 bits per heavy atom. The monoisotopic (exact) mass is 502 g/mol. The minimum absolute atomic E-state index is 0.0636. The topological polar surface area (TPSA) is 51.1 Å². The molecule has 0 unspecified atom stereocenters.